The molecule has 3 aliphatic rings. The Labute approximate surface area is 308 Å². The number of amides is 1. The fourth-order valence-corrected chi connectivity index (χ4v) is 7.67. The molecule has 0 radical (unpaired) electrons. The van der Waals surface area contributed by atoms with E-state index < -0.39 is 11.6 Å². The fraction of sp³-hybridized carbons (Fsp3) is 0.275. The summed E-state index contributed by atoms with van der Waals surface area (Å²) in [5, 5.41) is 3.31. The molecular formula is C40H36ClFN6O5. The number of anilines is 1. The van der Waals surface area contributed by atoms with Gasteiger partial charge in [-0.15, -0.1) is 0 Å². The maximum absolute atomic E-state index is 14.9. The third kappa shape index (κ3) is 6.16. The number of benzene rings is 4. The molecule has 0 saturated carbocycles. The lowest BCUT2D eigenvalue weighted by molar-refractivity contribution is -0.0708. The summed E-state index contributed by atoms with van der Waals surface area (Å²) in [6, 6.07) is 19.5. The number of rotatable bonds is 8. The van der Waals surface area contributed by atoms with Crippen molar-refractivity contribution in [1.29, 1.82) is 0 Å². The highest BCUT2D eigenvalue weighted by Gasteiger charge is 2.42. The van der Waals surface area contributed by atoms with Crippen LogP contribution in [0.1, 0.15) is 52.6 Å². The summed E-state index contributed by atoms with van der Waals surface area (Å²) in [6.45, 7) is 7.14. The Hall–Kier alpha value is -5.43. The molecule has 11 nitrogen and oxygen atoms in total. The van der Waals surface area contributed by atoms with E-state index in [0.29, 0.717) is 58.4 Å². The molecule has 4 aromatic carbocycles. The lowest BCUT2D eigenvalue weighted by atomic mass is 9.98. The number of halogens is 2. The number of imidazole rings is 2. The van der Waals surface area contributed by atoms with E-state index in [0.717, 1.165) is 59.6 Å². The molecular weight excluding hydrogens is 699 g/mol. The lowest BCUT2D eigenvalue weighted by Gasteiger charge is -2.29. The van der Waals surface area contributed by atoms with E-state index in [1.807, 2.05) is 43.3 Å². The number of ether oxygens (including phenoxy) is 3. The monoisotopic (exact) mass is 734 g/mol. The van der Waals surface area contributed by atoms with Gasteiger partial charge in [0.15, 0.2) is 11.5 Å². The summed E-state index contributed by atoms with van der Waals surface area (Å²) in [5.41, 5.74) is 6.92. The van der Waals surface area contributed by atoms with Crippen LogP contribution in [0.3, 0.4) is 0 Å². The molecule has 1 saturated heterocycles. The van der Waals surface area contributed by atoms with Crippen LogP contribution in [0.4, 0.5) is 10.1 Å². The van der Waals surface area contributed by atoms with Gasteiger partial charge in [-0.3, -0.25) is 9.69 Å². The Balaban J connectivity index is 0.938. The van der Waals surface area contributed by atoms with Gasteiger partial charge in [0.1, 0.15) is 11.6 Å². The van der Waals surface area contributed by atoms with Gasteiger partial charge >= 0.3 is 5.69 Å². The predicted octanol–water partition coefficient (Wildman–Crippen LogP) is 7.28. The molecule has 0 aliphatic carbocycles. The summed E-state index contributed by atoms with van der Waals surface area (Å²) >= 11 is 6.00. The number of fused-ring (bicyclic) bond motifs is 3. The number of hydrogen-bond donors (Lipinski definition) is 3. The number of aromatic amines is 2. The van der Waals surface area contributed by atoms with E-state index in [1.165, 1.54) is 6.07 Å². The van der Waals surface area contributed by atoms with E-state index in [4.69, 9.17) is 30.8 Å². The number of carbonyl (C=O) groups is 1. The van der Waals surface area contributed by atoms with Gasteiger partial charge in [-0.25, -0.2) is 14.2 Å². The minimum absolute atomic E-state index is 0.130. The van der Waals surface area contributed by atoms with Crippen LogP contribution in [0.2, 0.25) is 5.02 Å². The molecule has 270 valence electrons. The second-order valence-corrected chi connectivity index (χ2v) is 14.4. The molecule has 3 N–H and O–H groups in total. The van der Waals surface area contributed by atoms with E-state index in [9.17, 15) is 14.0 Å². The van der Waals surface area contributed by atoms with Crippen LogP contribution in [-0.2, 0) is 23.6 Å². The second kappa shape index (κ2) is 12.9. The van der Waals surface area contributed by atoms with Gasteiger partial charge < -0.3 is 34.1 Å². The smallest absolute Gasteiger partial charge is 0.323 e. The highest BCUT2D eigenvalue weighted by molar-refractivity contribution is 6.30. The molecule has 0 bridgehead atoms. The molecule has 6 aromatic rings. The molecule has 9 rings (SSSR count). The van der Waals surface area contributed by atoms with Gasteiger partial charge in [0.2, 0.25) is 0 Å². The number of nitrogens with one attached hydrogen (secondary N) is 3. The summed E-state index contributed by atoms with van der Waals surface area (Å²) in [7, 11) is 0. The molecule has 1 amide bonds. The molecule has 3 aliphatic heterocycles. The molecule has 2 aromatic heterocycles. The maximum atomic E-state index is 14.9. The van der Waals surface area contributed by atoms with Crippen molar-refractivity contribution in [2.24, 2.45) is 0 Å². The molecule has 2 atom stereocenters. The second-order valence-electron chi connectivity index (χ2n) is 14.0. The zero-order valence-electron chi connectivity index (χ0n) is 29.1. The minimum atomic E-state index is -1.32. The number of aromatic nitrogens is 4. The molecule has 13 heteroatoms. The molecule has 53 heavy (non-hydrogen) atoms. The van der Waals surface area contributed by atoms with Crippen LogP contribution >= 0.6 is 11.6 Å². The van der Waals surface area contributed by atoms with Crippen molar-refractivity contribution < 1.29 is 23.4 Å². The molecule has 1 unspecified atom stereocenters. The van der Waals surface area contributed by atoms with Crippen molar-refractivity contribution in [3.8, 4) is 11.5 Å². The third-order valence-corrected chi connectivity index (χ3v) is 10.6. The van der Waals surface area contributed by atoms with E-state index in [1.54, 1.807) is 31.2 Å². The van der Waals surface area contributed by atoms with Gasteiger partial charge in [-0.2, -0.15) is 0 Å². The topological polar surface area (TPSA) is 126 Å². The van der Waals surface area contributed by atoms with Crippen LogP contribution in [0.25, 0.3) is 27.6 Å². The number of para-hydroxylation sites is 1. The highest BCUT2D eigenvalue weighted by Crippen LogP contribution is 2.49. The maximum Gasteiger partial charge on any atom is 0.323 e. The third-order valence-electron chi connectivity index (χ3n) is 10.4. The first-order valence-electron chi connectivity index (χ1n) is 17.6. The van der Waals surface area contributed by atoms with Gasteiger partial charge in [0.25, 0.3) is 11.7 Å². The first kappa shape index (κ1) is 33.4. The normalized spacial score (nSPS) is 19.8. The Kier molecular flexibility index (Phi) is 8.13. The Morgan fingerprint density at radius 3 is 2.75 bits per heavy atom. The van der Waals surface area contributed by atoms with Crippen LogP contribution in [-0.4, -0.2) is 56.1 Å². The lowest BCUT2D eigenvalue weighted by Crippen LogP contribution is -2.33. The van der Waals surface area contributed by atoms with Crippen molar-refractivity contribution in [1.82, 2.24) is 24.4 Å². The first-order valence-corrected chi connectivity index (χ1v) is 18.0. The van der Waals surface area contributed by atoms with Crippen molar-refractivity contribution >= 4 is 50.8 Å². The van der Waals surface area contributed by atoms with E-state index >= 15 is 0 Å². The molecule has 0 spiro atoms. The number of H-pyrrole nitrogens is 2. The predicted molar refractivity (Wildman–Crippen MR) is 200 cm³/mol. The van der Waals surface area contributed by atoms with Crippen molar-refractivity contribution in [3.05, 3.63) is 122 Å². The summed E-state index contributed by atoms with van der Waals surface area (Å²) in [4.78, 5) is 38.0. The molecule has 5 heterocycles. The average molecular weight is 735 g/mol. The number of hydrogen-bond acceptors (Lipinski definition) is 7. The van der Waals surface area contributed by atoms with Gasteiger partial charge in [0.05, 0.1) is 46.8 Å². The van der Waals surface area contributed by atoms with E-state index in [-0.39, 0.29) is 23.3 Å². The Bertz CT molecular complexity index is 2540. The minimum Gasteiger partial charge on any atom is -0.444 e. The number of carbonyl (C=O) groups excluding carboxylic acids is 1. The largest absolute Gasteiger partial charge is 0.444 e. The Morgan fingerprint density at radius 2 is 1.98 bits per heavy atom. The zero-order valence-corrected chi connectivity index (χ0v) is 29.9. The van der Waals surface area contributed by atoms with Crippen molar-refractivity contribution in [2.45, 2.75) is 51.7 Å². The number of aryl methyl sites for hydroxylation is 1. The summed E-state index contributed by atoms with van der Waals surface area (Å²) in [5.74, 6) is 0.00208. The van der Waals surface area contributed by atoms with Crippen molar-refractivity contribution in [2.75, 3.05) is 25.0 Å². The first-order chi connectivity index (χ1) is 25.6. The van der Waals surface area contributed by atoms with Crippen LogP contribution in [0.15, 0.2) is 77.6 Å². The quantitative estimate of drug-likeness (QED) is 0.150. The average Bonchev–Trinajstić information content (AvgIpc) is 3.78. The van der Waals surface area contributed by atoms with E-state index in [2.05, 4.69) is 30.8 Å². The summed E-state index contributed by atoms with van der Waals surface area (Å²) < 4.78 is 35.5. The van der Waals surface area contributed by atoms with Crippen LogP contribution in [0.5, 0.6) is 11.5 Å². The summed E-state index contributed by atoms with van der Waals surface area (Å²) in [6.07, 6.45) is 4.11. The zero-order chi connectivity index (χ0) is 36.4. The van der Waals surface area contributed by atoms with Crippen molar-refractivity contribution in [3.63, 3.8) is 0 Å². The van der Waals surface area contributed by atoms with Gasteiger partial charge in [-0.1, -0.05) is 29.8 Å². The fourth-order valence-electron chi connectivity index (χ4n) is 7.51. The standard InChI is InChI=1S/C40H36ClFN6O5/c1-22-16-24(17-32-36(22)46-39(50)45-32)38(49)43-26-7-9-33-31(19-26)44-35(48(33)20-27-12-15-51-27)21-47-13-10-23(11-14-47)28-4-3-5-34-37(28)53-40(2,52-34)29-8-6-25(41)18-30(29)42/h3-10,16-19,27H,11-15,20-21H2,1-2H3,(H,43,49)(H2,45,46,50)/t27-,40?/m0/s1. The van der Waals surface area contributed by atoms with Gasteiger partial charge in [0, 0.05) is 48.5 Å². The van der Waals surface area contributed by atoms with Gasteiger partial charge in [-0.05, 0) is 85.5 Å². The highest BCUT2D eigenvalue weighted by atomic mass is 35.5. The molecule has 1 fully saturated rings. The van der Waals surface area contributed by atoms with Crippen LogP contribution < -0.4 is 20.5 Å². The SMILES string of the molecule is Cc1cc(C(=O)Nc2ccc3c(c2)nc(CN2CC=C(c4cccc5c4OC(C)(c4ccc(Cl)cc4F)O5)CC2)n3C[C@@H]2CCO2)cc2[nH]c(=O)[nH]c12. The van der Waals surface area contributed by atoms with Crippen LogP contribution in [0, 0.1) is 12.7 Å². The number of nitrogens with zero attached hydrogens (tertiary/aromatic N) is 3. The Morgan fingerprint density at radius 1 is 1.11 bits per heavy atom.